The molecule has 1 heterocycles. The second-order valence-electron chi connectivity index (χ2n) is 1.84. The first-order valence-corrected chi connectivity index (χ1v) is 3.60. The molecule has 0 aromatic heterocycles. The Hall–Kier alpha value is 0.0200. The summed E-state index contributed by atoms with van der Waals surface area (Å²) >= 11 is 0. The van der Waals surface area contributed by atoms with Gasteiger partial charge in [-0.15, -0.1) is 0 Å². The van der Waals surface area contributed by atoms with E-state index in [4.69, 9.17) is 9.05 Å². The Labute approximate surface area is 48.9 Å². The summed E-state index contributed by atoms with van der Waals surface area (Å²) < 4.78 is 19.9. The minimum Gasteiger partial charge on any atom is -0.277 e. The number of hydrogen-bond acceptors (Lipinski definition) is 3. The van der Waals surface area contributed by atoms with Crippen LogP contribution in [0.1, 0.15) is 13.8 Å². The second-order valence-corrected chi connectivity index (χ2v) is 2.71. The normalized spacial score (nSPS) is 43.0. The van der Waals surface area contributed by atoms with E-state index in [-0.39, 0.29) is 12.2 Å². The predicted molar refractivity (Wildman–Crippen MR) is 28.7 cm³/mol. The van der Waals surface area contributed by atoms with Crippen LogP contribution in [0.15, 0.2) is 0 Å². The molecule has 47 valence electrons. The molecule has 0 N–H and O–H groups in total. The molecule has 1 aliphatic rings. The summed E-state index contributed by atoms with van der Waals surface area (Å²) in [5.74, 6) is 0. The van der Waals surface area contributed by atoms with Gasteiger partial charge in [-0.3, -0.25) is 9.05 Å². The lowest BCUT2D eigenvalue weighted by atomic mass is 10.3. The van der Waals surface area contributed by atoms with Crippen molar-refractivity contribution in [1.82, 2.24) is 0 Å². The summed E-state index contributed by atoms with van der Waals surface area (Å²) in [4.78, 5) is 0. The fraction of sp³-hybridized carbons (Fsp3) is 1.00. The fourth-order valence-electron chi connectivity index (χ4n) is 0.468. The molecule has 1 fully saturated rings. The molecule has 2 unspecified atom stereocenters. The van der Waals surface area contributed by atoms with Gasteiger partial charge in [-0.2, -0.15) is 0 Å². The summed E-state index contributed by atoms with van der Waals surface area (Å²) in [5, 5.41) is 0. The molecule has 0 aromatic carbocycles. The highest BCUT2D eigenvalue weighted by Gasteiger charge is 2.27. The molecule has 0 spiro atoms. The van der Waals surface area contributed by atoms with Gasteiger partial charge in [0.1, 0.15) is 0 Å². The summed E-state index contributed by atoms with van der Waals surface area (Å²) in [6.45, 7) is 3.68. The molecule has 1 radical (unpaired) electrons. The first-order chi connectivity index (χ1) is 3.70. The van der Waals surface area contributed by atoms with Gasteiger partial charge < -0.3 is 0 Å². The molecule has 3 nitrogen and oxygen atoms in total. The van der Waals surface area contributed by atoms with Crippen LogP contribution in [-0.2, 0) is 13.6 Å². The summed E-state index contributed by atoms with van der Waals surface area (Å²) in [6.07, 6.45) is -0.0303. The van der Waals surface area contributed by atoms with Gasteiger partial charge in [0.25, 0.3) is 0 Å². The van der Waals surface area contributed by atoms with Crippen molar-refractivity contribution in [2.45, 2.75) is 26.1 Å². The number of rotatable bonds is 0. The third-order valence-corrected chi connectivity index (χ3v) is 2.18. The van der Waals surface area contributed by atoms with Crippen molar-refractivity contribution in [3.05, 3.63) is 0 Å². The number of hydrogen-bond donors (Lipinski definition) is 0. The lowest BCUT2D eigenvalue weighted by molar-refractivity contribution is 0.187. The van der Waals surface area contributed by atoms with Crippen LogP contribution in [-0.4, -0.2) is 12.2 Å². The largest absolute Gasteiger partial charge is 0.369 e. The standard InChI is InChI=1S/C4H8O3P/c1-3-4(2)7-8(5)6-3/h3-4H,1-2H3. The van der Waals surface area contributed by atoms with Gasteiger partial charge in [-0.05, 0) is 13.8 Å². The third kappa shape index (κ3) is 1.05. The first-order valence-electron chi connectivity index (χ1n) is 2.51. The van der Waals surface area contributed by atoms with Gasteiger partial charge in [0.05, 0.1) is 12.2 Å². The van der Waals surface area contributed by atoms with Crippen molar-refractivity contribution in [2.24, 2.45) is 0 Å². The van der Waals surface area contributed by atoms with E-state index in [1.807, 2.05) is 13.8 Å². The van der Waals surface area contributed by atoms with Gasteiger partial charge in [0.2, 0.25) is 0 Å². The summed E-state index contributed by atoms with van der Waals surface area (Å²) in [7, 11) is -1.79. The van der Waals surface area contributed by atoms with E-state index in [1.165, 1.54) is 0 Å². The minimum atomic E-state index is -1.79. The van der Waals surface area contributed by atoms with Crippen LogP contribution in [0.5, 0.6) is 0 Å². The van der Waals surface area contributed by atoms with Crippen LogP contribution < -0.4 is 0 Å². The maximum Gasteiger partial charge on any atom is 0.369 e. The zero-order valence-electron chi connectivity index (χ0n) is 4.83. The molecule has 1 saturated heterocycles. The van der Waals surface area contributed by atoms with Gasteiger partial charge >= 0.3 is 8.25 Å². The zero-order valence-corrected chi connectivity index (χ0v) is 5.72. The molecule has 0 bridgehead atoms. The summed E-state index contributed by atoms with van der Waals surface area (Å²) in [6, 6.07) is 0. The van der Waals surface area contributed by atoms with E-state index in [0.29, 0.717) is 0 Å². The van der Waals surface area contributed by atoms with Crippen molar-refractivity contribution >= 4 is 8.25 Å². The zero-order chi connectivity index (χ0) is 6.15. The molecule has 4 heteroatoms. The van der Waals surface area contributed by atoms with E-state index in [9.17, 15) is 4.57 Å². The molecule has 8 heavy (non-hydrogen) atoms. The Kier molecular flexibility index (Phi) is 1.61. The Bertz CT molecular complexity index is 102. The van der Waals surface area contributed by atoms with E-state index < -0.39 is 8.25 Å². The SMILES string of the molecule is CC1O[P](=O)OC1C. The lowest BCUT2D eigenvalue weighted by Crippen LogP contribution is -2.13. The van der Waals surface area contributed by atoms with Crippen LogP contribution >= 0.6 is 8.25 Å². The minimum absolute atomic E-state index is 0.0152. The van der Waals surface area contributed by atoms with Crippen LogP contribution in [0.4, 0.5) is 0 Å². The van der Waals surface area contributed by atoms with E-state index in [0.717, 1.165) is 0 Å². The molecule has 2 atom stereocenters. The van der Waals surface area contributed by atoms with Crippen molar-refractivity contribution in [2.75, 3.05) is 0 Å². The van der Waals surface area contributed by atoms with Crippen LogP contribution in [0.2, 0.25) is 0 Å². The Morgan fingerprint density at radius 3 is 1.75 bits per heavy atom. The monoisotopic (exact) mass is 135 g/mol. The molecular formula is C4H8O3P. The van der Waals surface area contributed by atoms with Gasteiger partial charge in [-0.1, -0.05) is 0 Å². The lowest BCUT2D eigenvalue weighted by Gasteiger charge is -1.99. The Balaban J connectivity index is 2.51. The van der Waals surface area contributed by atoms with E-state index >= 15 is 0 Å². The maximum absolute atomic E-state index is 10.4. The van der Waals surface area contributed by atoms with Crippen molar-refractivity contribution in [1.29, 1.82) is 0 Å². The van der Waals surface area contributed by atoms with Crippen LogP contribution in [0.3, 0.4) is 0 Å². The molecule has 0 aliphatic carbocycles. The maximum atomic E-state index is 10.4. The highest BCUT2D eigenvalue weighted by molar-refractivity contribution is 7.33. The highest BCUT2D eigenvalue weighted by Crippen LogP contribution is 2.37. The predicted octanol–water partition coefficient (Wildman–Crippen LogP) is 1.47. The van der Waals surface area contributed by atoms with E-state index in [1.54, 1.807) is 0 Å². The van der Waals surface area contributed by atoms with Crippen LogP contribution in [0.25, 0.3) is 0 Å². The first kappa shape index (κ1) is 6.14. The average Bonchev–Trinajstić information content (AvgIpc) is 1.85. The Morgan fingerprint density at radius 1 is 1.25 bits per heavy atom. The topological polar surface area (TPSA) is 35.5 Å². The molecule has 1 aliphatic heterocycles. The van der Waals surface area contributed by atoms with Gasteiger partial charge in [0.15, 0.2) is 0 Å². The second kappa shape index (κ2) is 2.09. The van der Waals surface area contributed by atoms with Crippen molar-refractivity contribution in [3.63, 3.8) is 0 Å². The van der Waals surface area contributed by atoms with E-state index in [2.05, 4.69) is 0 Å². The molecule has 0 amide bonds. The van der Waals surface area contributed by atoms with Gasteiger partial charge in [-0.25, -0.2) is 4.57 Å². The fourth-order valence-corrected chi connectivity index (χ4v) is 1.40. The molecular weight excluding hydrogens is 127 g/mol. The molecule has 1 rings (SSSR count). The quantitative estimate of drug-likeness (QED) is 0.472. The molecule has 0 aromatic rings. The van der Waals surface area contributed by atoms with Crippen molar-refractivity contribution in [3.8, 4) is 0 Å². The van der Waals surface area contributed by atoms with Crippen molar-refractivity contribution < 1.29 is 13.6 Å². The average molecular weight is 135 g/mol. The third-order valence-electron chi connectivity index (χ3n) is 1.17. The summed E-state index contributed by atoms with van der Waals surface area (Å²) in [5.41, 5.74) is 0. The smallest absolute Gasteiger partial charge is 0.277 e. The van der Waals surface area contributed by atoms with Gasteiger partial charge in [0, 0.05) is 0 Å². The Morgan fingerprint density at radius 2 is 1.62 bits per heavy atom. The highest BCUT2D eigenvalue weighted by atomic mass is 31.1. The van der Waals surface area contributed by atoms with Crippen LogP contribution in [0, 0.1) is 0 Å². The molecule has 0 saturated carbocycles.